The molecule has 1 spiro atoms. The molecule has 0 unspecified atom stereocenters. The van der Waals surface area contributed by atoms with Crippen molar-refractivity contribution in [1.82, 2.24) is 4.57 Å². The van der Waals surface area contributed by atoms with E-state index < -0.39 is 29.6 Å². The van der Waals surface area contributed by atoms with Crippen molar-refractivity contribution >= 4 is 34.4 Å². The van der Waals surface area contributed by atoms with Crippen molar-refractivity contribution in [1.29, 1.82) is 0 Å². The maximum absolute atomic E-state index is 14.2. The van der Waals surface area contributed by atoms with Gasteiger partial charge in [0.25, 0.3) is 5.91 Å². The Morgan fingerprint density at radius 1 is 1.00 bits per heavy atom. The van der Waals surface area contributed by atoms with Crippen LogP contribution in [0.15, 0.2) is 91.2 Å². The number of nitrogens with zero attached hydrogens (tertiary/aromatic N) is 2. The minimum Gasteiger partial charge on any atom is -0.466 e. The molecule has 3 aromatic rings. The number of carbonyl (C=O) groups is 3. The monoisotopic (exact) mass is 498 g/mol. The molecule has 2 aromatic carbocycles. The van der Waals surface area contributed by atoms with Gasteiger partial charge in [-0.25, -0.2) is 9.59 Å². The van der Waals surface area contributed by atoms with Gasteiger partial charge in [0.2, 0.25) is 5.60 Å². The van der Waals surface area contributed by atoms with Crippen LogP contribution >= 0.6 is 0 Å². The number of esters is 2. The first-order valence-corrected chi connectivity index (χ1v) is 11.7. The summed E-state index contributed by atoms with van der Waals surface area (Å²) in [5.74, 6) is -2.13. The van der Waals surface area contributed by atoms with Crippen LogP contribution in [0.1, 0.15) is 17.2 Å². The Balaban J connectivity index is 1.84. The summed E-state index contributed by atoms with van der Waals surface area (Å²) in [5.41, 5.74) is 0.355. The van der Waals surface area contributed by atoms with Gasteiger partial charge in [-0.05, 0) is 12.1 Å². The van der Waals surface area contributed by atoms with Crippen molar-refractivity contribution in [3.8, 4) is 0 Å². The molecule has 37 heavy (non-hydrogen) atoms. The lowest BCUT2D eigenvalue weighted by atomic mass is 9.85. The molecule has 0 N–H and O–H groups in total. The number of para-hydroxylation sites is 2. The SMILES string of the molecule is C=CCN1C(=O)[C@@]2(O[C@@H](c3cn(CC=C)c4ccccc34)C(C(=O)OC)=C2C(=O)OC)c2ccccc21. The second kappa shape index (κ2) is 9.22. The average molecular weight is 499 g/mol. The van der Waals surface area contributed by atoms with Gasteiger partial charge in [-0.1, -0.05) is 48.6 Å². The zero-order chi connectivity index (χ0) is 26.3. The first-order chi connectivity index (χ1) is 17.9. The summed E-state index contributed by atoms with van der Waals surface area (Å²) in [6, 6.07) is 14.7. The Bertz CT molecular complexity index is 1500. The number of benzene rings is 2. The minimum atomic E-state index is -1.90. The van der Waals surface area contributed by atoms with E-state index in [1.54, 1.807) is 36.4 Å². The van der Waals surface area contributed by atoms with Crippen molar-refractivity contribution < 1.29 is 28.6 Å². The number of aromatic nitrogens is 1. The molecule has 0 radical (unpaired) electrons. The molecule has 1 amide bonds. The molecule has 1 aromatic heterocycles. The molecule has 0 aliphatic carbocycles. The van der Waals surface area contributed by atoms with Gasteiger partial charge in [0.15, 0.2) is 0 Å². The van der Waals surface area contributed by atoms with E-state index in [4.69, 9.17) is 14.2 Å². The van der Waals surface area contributed by atoms with Gasteiger partial charge >= 0.3 is 11.9 Å². The van der Waals surface area contributed by atoms with Crippen LogP contribution < -0.4 is 4.90 Å². The van der Waals surface area contributed by atoms with Gasteiger partial charge in [0.1, 0.15) is 6.10 Å². The molecule has 8 heteroatoms. The van der Waals surface area contributed by atoms with Gasteiger partial charge in [0.05, 0.1) is 31.1 Å². The van der Waals surface area contributed by atoms with Crippen molar-refractivity contribution in [2.24, 2.45) is 0 Å². The van der Waals surface area contributed by atoms with E-state index in [1.165, 1.54) is 19.1 Å². The third-order valence-electron chi connectivity index (χ3n) is 6.83. The number of methoxy groups -OCH3 is 2. The van der Waals surface area contributed by atoms with Crippen LogP contribution in [0.4, 0.5) is 5.69 Å². The molecule has 2 aliphatic rings. The molecule has 188 valence electrons. The Morgan fingerprint density at radius 2 is 1.68 bits per heavy atom. The highest BCUT2D eigenvalue weighted by molar-refractivity contribution is 6.18. The highest BCUT2D eigenvalue weighted by atomic mass is 16.6. The van der Waals surface area contributed by atoms with Gasteiger partial charge in [-0.2, -0.15) is 0 Å². The largest absolute Gasteiger partial charge is 0.466 e. The number of allylic oxidation sites excluding steroid dienone is 1. The first-order valence-electron chi connectivity index (χ1n) is 11.7. The third-order valence-corrected chi connectivity index (χ3v) is 6.83. The molecular formula is C29H26N2O6. The van der Waals surface area contributed by atoms with Crippen LogP contribution in [-0.2, 0) is 40.7 Å². The number of amides is 1. The van der Waals surface area contributed by atoms with E-state index >= 15 is 0 Å². The Kier molecular flexibility index (Phi) is 6.05. The summed E-state index contributed by atoms with van der Waals surface area (Å²) in [7, 11) is 2.43. The molecule has 0 saturated carbocycles. The van der Waals surface area contributed by atoms with Crippen LogP contribution in [0.3, 0.4) is 0 Å². The van der Waals surface area contributed by atoms with E-state index in [-0.39, 0.29) is 17.7 Å². The number of rotatable bonds is 7. The van der Waals surface area contributed by atoms with Crippen LogP contribution in [0.2, 0.25) is 0 Å². The normalized spacial score (nSPS) is 20.4. The number of anilines is 1. The summed E-state index contributed by atoms with van der Waals surface area (Å²) in [6.45, 7) is 8.30. The highest BCUT2D eigenvalue weighted by Gasteiger charge is 2.64. The molecule has 3 heterocycles. The van der Waals surface area contributed by atoms with E-state index in [1.807, 2.05) is 35.0 Å². The summed E-state index contributed by atoms with van der Waals surface area (Å²) in [5, 5.41) is 0.804. The van der Waals surface area contributed by atoms with E-state index in [9.17, 15) is 14.4 Å². The fourth-order valence-corrected chi connectivity index (χ4v) is 5.37. The first kappa shape index (κ1) is 24.3. The smallest absolute Gasteiger partial charge is 0.338 e. The van der Waals surface area contributed by atoms with Gasteiger partial charge in [-0.15, -0.1) is 13.2 Å². The average Bonchev–Trinajstić information content (AvgIpc) is 3.54. The molecule has 2 aliphatic heterocycles. The number of fused-ring (bicyclic) bond motifs is 3. The van der Waals surface area contributed by atoms with E-state index in [2.05, 4.69) is 13.2 Å². The molecular weight excluding hydrogens is 472 g/mol. The highest BCUT2D eigenvalue weighted by Crippen LogP contribution is 2.57. The molecule has 0 fully saturated rings. The van der Waals surface area contributed by atoms with Crippen LogP contribution in [0, 0.1) is 0 Å². The minimum absolute atomic E-state index is 0.0699. The summed E-state index contributed by atoms with van der Waals surface area (Å²) in [4.78, 5) is 42.4. The fraction of sp³-hybridized carbons (Fsp3) is 0.207. The van der Waals surface area contributed by atoms with Gasteiger partial charge in [0, 0.05) is 41.3 Å². The second-order valence-electron chi connectivity index (χ2n) is 8.72. The predicted molar refractivity (Wildman–Crippen MR) is 138 cm³/mol. The second-order valence-corrected chi connectivity index (χ2v) is 8.72. The van der Waals surface area contributed by atoms with E-state index in [0.29, 0.717) is 23.4 Å². The zero-order valence-electron chi connectivity index (χ0n) is 20.6. The lowest BCUT2D eigenvalue weighted by molar-refractivity contribution is -0.148. The molecule has 8 nitrogen and oxygen atoms in total. The maximum Gasteiger partial charge on any atom is 0.338 e. The quantitative estimate of drug-likeness (QED) is 0.362. The molecule has 0 saturated heterocycles. The lowest BCUT2D eigenvalue weighted by Gasteiger charge is -2.26. The van der Waals surface area contributed by atoms with Crippen LogP contribution in [0.25, 0.3) is 10.9 Å². The number of carbonyl (C=O) groups excluding carboxylic acids is 3. The maximum atomic E-state index is 14.2. The summed E-state index contributed by atoms with van der Waals surface area (Å²) >= 11 is 0. The zero-order valence-corrected chi connectivity index (χ0v) is 20.6. The summed E-state index contributed by atoms with van der Waals surface area (Å²) < 4.78 is 18.9. The number of hydrogen-bond donors (Lipinski definition) is 0. The van der Waals surface area contributed by atoms with E-state index in [0.717, 1.165) is 10.9 Å². The third kappa shape index (κ3) is 3.37. The number of hydrogen-bond acceptors (Lipinski definition) is 6. The lowest BCUT2D eigenvalue weighted by Crippen LogP contribution is -2.44. The standard InChI is InChI=1S/C29H26N2O6/c1-5-15-30-17-19(18-11-7-9-13-21(18)30)25-23(26(32)35-3)24(27(33)36-4)29(37-25)20-12-8-10-14-22(20)31(16-6-2)28(29)34/h5-14,17,25H,1-2,15-16H2,3-4H3/t25-,29+/m0/s1. The fourth-order valence-electron chi connectivity index (χ4n) is 5.37. The summed E-state index contributed by atoms with van der Waals surface area (Å²) in [6.07, 6.45) is 4.11. The predicted octanol–water partition coefficient (Wildman–Crippen LogP) is 3.97. The van der Waals surface area contributed by atoms with Gasteiger partial charge in [-0.3, -0.25) is 4.79 Å². The van der Waals surface area contributed by atoms with Crippen LogP contribution in [0.5, 0.6) is 0 Å². The molecule has 5 rings (SSSR count). The van der Waals surface area contributed by atoms with Crippen LogP contribution in [-0.4, -0.2) is 43.2 Å². The van der Waals surface area contributed by atoms with Crippen molar-refractivity contribution in [2.45, 2.75) is 18.2 Å². The Labute approximate surface area is 214 Å². The molecule has 0 bridgehead atoms. The van der Waals surface area contributed by atoms with Crippen molar-refractivity contribution in [3.05, 3.63) is 102 Å². The van der Waals surface area contributed by atoms with Crippen molar-refractivity contribution in [3.63, 3.8) is 0 Å². The van der Waals surface area contributed by atoms with Crippen molar-refractivity contribution in [2.75, 3.05) is 25.7 Å². The Hall–Kier alpha value is -4.43. The topological polar surface area (TPSA) is 87.1 Å². The Morgan fingerprint density at radius 3 is 2.38 bits per heavy atom. The number of ether oxygens (including phenoxy) is 3. The van der Waals surface area contributed by atoms with Gasteiger partial charge < -0.3 is 23.7 Å². The molecule has 2 atom stereocenters.